The van der Waals surface area contributed by atoms with Crippen molar-refractivity contribution in [1.82, 2.24) is 15.2 Å². The summed E-state index contributed by atoms with van der Waals surface area (Å²) in [6.07, 6.45) is 5.71. The number of benzene rings is 3. The van der Waals surface area contributed by atoms with Gasteiger partial charge in [0.05, 0.1) is 21.2 Å². The summed E-state index contributed by atoms with van der Waals surface area (Å²) in [7, 11) is 0. The third kappa shape index (κ3) is 7.14. The van der Waals surface area contributed by atoms with Gasteiger partial charge in [-0.3, -0.25) is 19.4 Å². The van der Waals surface area contributed by atoms with Crippen molar-refractivity contribution in [1.29, 1.82) is 0 Å². The van der Waals surface area contributed by atoms with E-state index in [2.05, 4.69) is 15.6 Å². The smallest absolute Gasteiger partial charge is 0.326 e. The number of hydrogen-bond acceptors (Lipinski definition) is 6. The first-order chi connectivity index (χ1) is 23.2. The third-order valence-corrected chi connectivity index (χ3v) is 9.39. The Kier molecular flexibility index (Phi) is 9.93. The molecule has 0 radical (unpaired) electrons. The lowest BCUT2D eigenvalue weighted by atomic mass is 9.74. The van der Waals surface area contributed by atoms with Crippen LogP contribution < -0.4 is 15.4 Å². The van der Waals surface area contributed by atoms with Crippen molar-refractivity contribution in [2.24, 2.45) is 5.92 Å². The predicted molar refractivity (Wildman–Crippen MR) is 181 cm³/mol. The second-order valence-electron chi connectivity index (χ2n) is 11.9. The minimum absolute atomic E-state index is 0.0141. The highest BCUT2D eigenvalue weighted by atomic mass is 35.5. The first-order valence-corrected chi connectivity index (χ1v) is 16.3. The summed E-state index contributed by atoms with van der Waals surface area (Å²) in [5.74, 6) is -1.69. The Balaban J connectivity index is 1.16. The maximum atomic E-state index is 14.2. The van der Waals surface area contributed by atoms with Crippen molar-refractivity contribution in [3.05, 3.63) is 118 Å². The van der Waals surface area contributed by atoms with E-state index in [-0.39, 0.29) is 39.9 Å². The van der Waals surface area contributed by atoms with E-state index in [0.29, 0.717) is 28.3 Å². The number of amides is 3. The average Bonchev–Trinajstić information content (AvgIpc) is 3.09. The van der Waals surface area contributed by atoms with Crippen LogP contribution in [-0.4, -0.2) is 56.8 Å². The van der Waals surface area contributed by atoms with E-state index in [9.17, 15) is 24.3 Å². The SMILES string of the molecule is O=C(Nc1ccc(CC(NC(=O)C2C3CCC(CC3)N2C(=O)c2ccccc2Oc2ccccc2)C(=O)O)cc1)c1c(Cl)cncc1Cl. The summed E-state index contributed by atoms with van der Waals surface area (Å²) in [6, 6.07) is 20.4. The van der Waals surface area contributed by atoms with Crippen molar-refractivity contribution in [3.8, 4) is 11.5 Å². The van der Waals surface area contributed by atoms with E-state index in [4.69, 9.17) is 27.9 Å². The number of nitrogens with one attached hydrogen (secondary N) is 2. The highest BCUT2D eigenvalue weighted by Crippen LogP contribution is 2.41. The monoisotopic (exact) mass is 686 g/mol. The summed E-state index contributed by atoms with van der Waals surface area (Å²) in [6.45, 7) is 0. The summed E-state index contributed by atoms with van der Waals surface area (Å²) in [4.78, 5) is 58.7. The molecule has 2 saturated heterocycles. The number of carbonyl (C=O) groups is 4. The Bertz CT molecular complexity index is 1810. The van der Waals surface area contributed by atoms with Gasteiger partial charge in [0.2, 0.25) is 5.91 Å². The maximum absolute atomic E-state index is 14.2. The van der Waals surface area contributed by atoms with Crippen molar-refractivity contribution < 1.29 is 29.0 Å². The number of fused-ring (bicyclic) bond motifs is 3. The number of ether oxygens (including phenoxy) is 1. The van der Waals surface area contributed by atoms with Gasteiger partial charge in [-0.15, -0.1) is 0 Å². The molecule has 1 aromatic heterocycles. The summed E-state index contributed by atoms with van der Waals surface area (Å²) < 4.78 is 6.06. The molecule has 4 aromatic rings. The van der Waals surface area contributed by atoms with Crippen LogP contribution in [0, 0.1) is 5.92 Å². The maximum Gasteiger partial charge on any atom is 0.326 e. The number of carboxylic acid groups (broad SMARTS) is 1. The minimum atomic E-state index is -1.25. The molecule has 3 aliphatic rings. The second-order valence-corrected chi connectivity index (χ2v) is 12.7. The minimum Gasteiger partial charge on any atom is -0.480 e. The molecule has 2 bridgehead atoms. The van der Waals surface area contributed by atoms with Crippen molar-refractivity contribution in [3.63, 3.8) is 0 Å². The number of rotatable bonds is 10. The number of carbonyl (C=O) groups excluding carboxylic acids is 3. The second kappa shape index (κ2) is 14.5. The number of nitrogens with zero attached hydrogens (tertiary/aromatic N) is 2. The van der Waals surface area contributed by atoms with Crippen LogP contribution in [0.4, 0.5) is 5.69 Å². The van der Waals surface area contributed by atoms with Crippen molar-refractivity contribution in [2.45, 2.75) is 50.2 Å². The van der Waals surface area contributed by atoms with Crippen molar-refractivity contribution >= 4 is 52.6 Å². The molecule has 2 atom stereocenters. The lowest BCUT2D eigenvalue weighted by molar-refractivity contribution is -0.144. The molecule has 3 N–H and O–H groups in total. The molecule has 48 heavy (non-hydrogen) atoms. The third-order valence-electron chi connectivity index (χ3n) is 8.82. The van der Waals surface area contributed by atoms with Gasteiger partial charge in [0.1, 0.15) is 23.6 Å². The van der Waals surface area contributed by atoms with E-state index in [0.717, 1.165) is 25.7 Å². The molecule has 3 aromatic carbocycles. The van der Waals surface area contributed by atoms with E-state index in [1.165, 1.54) is 12.4 Å². The number of halogens is 2. The van der Waals surface area contributed by atoms with Crippen LogP contribution in [0.5, 0.6) is 11.5 Å². The van der Waals surface area contributed by atoms with Gasteiger partial charge in [-0.1, -0.05) is 65.7 Å². The summed E-state index contributed by atoms with van der Waals surface area (Å²) >= 11 is 12.2. The molecule has 1 aliphatic carbocycles. The first-order valence-electron chi connectivity index (χ1n) is 15.6. The number of piperidine rings is 2. The Hall–Kier alpha value is -4.93. The molecule has 7 rings (SSSR count). The number of anilines is 1. The lowest BCUT2D eigenvalue weighted by Gasteiger charge is -2.50. The number of aromatic nitrogens is 1. The van der Waals surface area contributed by atoms with Crippen LogP contribution in [0.25, 0.3) is 0 Å². The zero-order chi connectivity index (χ0) is 33.8. The predicted octanol–water partition coefficient (Wildman–Crippen LogP) is 6.63. The number of para-hydroxylation sites is 2. The topological polar surface area (TPSA) is 138 Å². The van der Waals surface area contributed by atoms with Crippen LogP contribution in [0.2, 0.25) is 10.0 Å². The number of aliphatic carboxylic acids is 1. The molecule has 3 heterocycles. The molecule has 0 spiro atoms. The van der Waals surface area contributed by atoms with Crippen LogP contribution in [0.15, 0.2) is 91.3 Å². The molecule has 10 nitrogen and oxygen atoms in total. The van der Waals surface area contributed by atoms with E-state index in [1.807, 2.05) is 18.2 Å². The molecule has 1 saturated carbocycles. The Morgan fingerprint density at radius 1 is 0.875 bits per heavy atom. The summed E-state index contributed by atoms with van der Waals surface area (Å²) in [5.41, 5.74) is 1.47. The van der Waals surface area contributed by atoms with Crippen LogP contribution in [0.3, 0.4) is 0 Å². The molecular formula is C36H32Cl2N4O6. The van der Waals surface area contributed by atoms with E-state index in [1.54, 1.807) is 65.6 Å². The lowest BCUT2D eigenvalue weighted by Crippen LogP contribution is -2.64. The van der Waals surface area contributed by atoms with Gasteiger partial charge in [-0.2, -0.15) is 0 Å². The number of pyridine rings is 1. The molecule has 246 valence electrons. The first kappa shape index (κ1) is 33.0. The standard InChI is InChI=1S/C36H32Cl2N4O6/c37-27-19-39-20-28(38)31(27)33(43)40-23-14-10-21(11-15-23)18-29(36(46)47)41-34(44)32-22-12-16-24(17-13-22)42(32)35(45)26-8-4-5-9-30(26)48-25-6-2-1-3-7-25/h1-11,14-15,19-20,22,24,29,32H,12-13,16-18H2,(H,40,43)(H,41,44)(H,46,47). The average molecular weight is 688 g/mol. The van der Waals surface area contributed by atoms with Crippen LogP contribution in [-0.2, 0) is 16.0 Å². The molecule has 12 heteroatoms. The van der Waals surface area contributed by atoms with Gasteiger partial charge in [0, 0.05) is 30.5 Å². The fraction of sp³-hybridized carbons (Fsp3) is 0.250. The summed E-state index contributed by atoms with van der Waals surface area (Å²) in [5, 5.41) is 15.7. The van der Waals surface area contributed by atoms with Gasteiger partial charge in [0.15, 0.2) is 0 Å². The quantitative estimate of drug-likeness (QED) is 0.170. The zero-order valence-electron chi connectivity index (χ0n) is 25.6. The molecule has 2 unspecified atom stereocenters. The molecular weight excluding hydrogens is 655 g/mol. The highest BCUT2D eigenvalue weighted by molar-refractivity contribution is 6.40. The molecule has 2 aliphatic heterocycles. The van der Waals surface area contributed by atoms with Gasteiger partial charge < -0.3 is 25.4 Å². The van der Waals surface area contributed by atoms with Gasteiger partial charge >= 0.3 is 5.97 Å². The van der Waals surface area contributed by atoms with Gasteiger partial charge in [-0.25, -0.2) is 4.79 Å². The van der Waals surface area contributed by atoms with E-state index < -0.39 is 29.9 Å². The Labute approximate surface area is 287 Å². The normalized spacial score (nSPS) is 18.9. The molecule has 3 amide bonds. The van der Waals surface area contributed by atoms with Crippen LogP contribution in [0.1, 0.15) is 52.0 Å². The number of carboxylic acids is 1. The van der Waals surface area contributed by atoms with E-state index >= 15 is 0 Å². The zero-order valence-corrected chi connectivity index (χ0v) is 27.2. The fourth-order valence-electron chi connectivity index (χ4n) is 6.51. The Morgan fingerprint density at radius 3 is 2.19 bits per heavy atom. The largest absolute Gasteiger partial charge is 0.480 e. The van der Waals surface area contributed by atoms with Crippen molar-refractivity contribution in [2.75, 3.05) is 5.32 Å². The highest BCUT2D eigenvalue weighted by Gasteiger charge is 2.48. The Morgan fingerprint density at radius 2 is 1.52 bits per heavy atom. The van der Waals surface area contributed by atoms with Gasteiger partial charge in [0.25, 0.3) is 11.8 Å². The van der Waals surface area contributed by atoms with Crippen LogP contribution >= 0.6 is 23.2 Å². The van der Waals surface area contributed by atoms with Gasteiger partial charge in [-0.05, 0) is 73.6 Å². The number of hydrogen-bond donors (Lipinski definition) is 3. The fourth-order valence-corrected chi connectivity index (χ4v) is 7.04. The molecule has 3 fully saturated rings.